The quantitative estimate of drug-likeness (QED) is 0.750. The highest BCUT2D eigenvalue weighted by molar-refractivity contribution is 7.99. The molecule has 0 amide bonds. The highest BCUT2D eigenvalue weighted by Crippen LogP contribution is 2.27. The van der Waals surface area contributed by atoms with E-state index in [-0.39, 0.29) is 6.04 Å². The Bertz CT molecular complexity index is 273. The van der Waals surface area contributed by atoms with Crippen molar-refractivity contribution in [1.82, 2.24) is 0 Å². The van der Waals surface area contributed by atoms with Gasteiger partial charge in [-0.3, -0.25) is 0 Å². The molecule has 0 saturated carbocycles. The van der Waals surface area contributed by atoms with Crippen molar-refractivity contribution in [2.24, 2.45) is 5.73 Å². The lowest BCUT2D eigenvalue weighted by Crippen LogP contribution is -2.09. The summed E-state index contributed by atoms with van der Waals surface area (Å²) >= 11 is 1.91. The van der Waals surface area contributed by atoms with Crippen molar-refractivity contribution in [3.05, 3.63) is 29.8 Å². The summed E-state index contributed by atoms with van der Waals surface area (Å²) in [5.74, 6) is 1.17. The van der Waals surface area contributed by atoms with E-state index in [4.69, 9.17) is 5.73 Å². The van der Waals surface area contributed by atoms with Crippen LogP contribution in [0.1, 0.15) is 38.3 Å². The fourth-order valence-electron chi connectivity index (χ4n) is 1.35. The fraction of sp³-hybridized carbons (Fsp3) is 0.500. The molecular weight excluding hydrogens is 190 g/mol. The molecule has 1 rings (SSSR count). The minimum absolute atomic E-state index is 0.190. The maximum Gasteiger partial charge on any atom is 0.0303 e. The molecule has 0 aliphatic rings. The van der Waals surface area contributed by atoms with Crippen LogP contribution in [0.15, 0.2) is 29.2 Å². The molecule has 0 bridgehead atoms. The Hall–Kier alpha value is -0.470. The van der Waals surface area contributed by atoms with Gasteiger partial charge in [0.2, 0.25) is 0 Å². The monoisotopic (exact) mass is 209 g/mol. The third-order valence-electron chi connectivity index (χ3n) is 2.22. The van der Waals surface area contributed by atoms with E-state index in [0.29, 0.717) is 0 Å². The molecule has 2 heteroatoms. The maximum absolute atomic E-state index is 6.05. The molecule has 0 fully saturated rings. The van der Waals surface area contributed by atoms with E-state index in [1.807, 2.05) is 11.8 Å². The highest BCUT2D eigenvalue weighted by Gasteiger charge is 2.08. The first-order valence-corrected chi connectivity index (χ1v) is 6.25. The second-order valence-corrected chi connectivity index (χ2v) is 4.54. The minimum Gasteiger partial charge on any atom is -0.324 e. The molecule has 1 atom stereocenters. The van der Waals surface area contributed by atoms with Crippen LogP contribution in [0, 0.1) is 0 Å². The topological polar surface area (TPSA) is 26.0 Å². The second-order valence-electron chi connectivity index (χ2n) is 3.40. The van der Waals surface area contributed by atoms with E-state index in [2.05, 4.69) is 38.1 Å². The first kappa shape index (κ1) is 11.6. The zero-order valence-corrected chi connectivity index (χ0v) is 9.81. The molecule has 0 heterocycles. The first-order chi connectivity index (χ1) is 6.79. The fourth-order valence-corrected chi connectivity index (χ4v) is 2.34. The van der Waals surface area contributed by atoms with E-state index in [9.17, 15) is 0 Å². The first-order valence-electron chi connectivity index (χ1n) is 5.26. The molecule has 1 aromatic rings. The van der Waals surface area contributed by atoms with Gasteiger partial charge in [0, 0.05) is 10.9 Å². The number of benzene rings is 1. The Morgan fingerprint density at radius 1 is 1.29 bits per heavy atom. The third-order valence-corrected chi connectivity index (χ3v) is 3.52. The Kier molecular flexibility index (Phi) is 5.05. The highest BCUT2D eigenvalue weighted by atomic mass is 32.2. The number of hydrogen-bond donors (Lipinski definition) is 1. The molecule has 2 N–H and O–H groups in total. The summed E-state index contributed by atoms with van der Waals surface area (Å²) < 4.78 is 0. The van der Waals surface area contributed by atoms with Gasteiger partial charge < -0.3 is 5.73 Å². The average Bonchev–Trinajstić information content (AvgIpc) is 2.25. The van der Waals surface area contributed by atoms with Crippen LogP contribution in [0.5, 0.6) is 0 Å². The smallest absolute Gasteiger partial charge is 0.0303 e. The maximum atomic E-state index is 6.05. The van der Waals surface area contributed by atoms with E-state index in [0.717, 1.165) is 6.42 Å². The molecule has 0 aliphatic heterocycles. The van der Waals surface area contributed by atoms with Crippen LogP contribution < -0.4 is 5.73 Å². The summed E-state index contributed by atoms with van der Waals surface area (Å²) in [6, 6.07) is 8.66. The molecule has 0 unspecified atom stereocenters. The minimum atomic E-state index is 0.190. The standard InChI is InChI=1S/C12H19NS/c1-3-9-14-12-8-6-5-7-10(12)11(13)4-2/h5-8,11H,3-4,9,13H2,1-2H3/t11-/m1/s1. The largest absolute Gasteiger partial charge is 0.324 e. The third kappa shape index (κ3) is 3.03. The van der Waals surface area contributed by atoms with Crippen molar-refractivity contribution in [3.63, 3.8) is 0 Å². The van der Waals surface area contributed by atoms with Gasteiger partial charge >= 0.3 is 0 Å². The SMILES string of the molecule is CCCSc1ccccc1[C@H](N)CC. The van der Waals surface area contributed by atoms with Gasteiger partial charge in [0.25, 0.3) is 0 Å². The van der Waals surface area contributed by atoms with Crippen molar-refractivity contribution in [2.45, 2.75) is 37.6 Å². The molecule has 0 saturated heterocycles. The van der Waals surface area contributed by atoms with Gasteiger partial charge in [-0.25, -0.2) is 0 Å². The predicted octanol–water partition coefficient (Wildman–Crippen LogP) is 3.60. The summed E-state index contributed by atoms with van der Waals surface area (Å²) in [5, 5.41) is 0. The lowest BCUT2D eigenvalue weighted by molar-refractivity contribution is 0.685. The van der Waals surface area contributed by atoms with E-state index in [1.165, 1.54) is 22.6 Å². The molecule has 1 nitrogen and oxygen atoms in total. The molecule has 0 radical (unpaired) electrons. The summed E-state index contributed by atoms with van der Waals surface area (Å²) in [7, 11) is 0. The molecule has 0 spiro atoms. The lowest BCUT2D eigenvalue weighted by Gasteiger charge is -2.13. The van der Waals surface area contributed by atoms with Crippen LogP contribution in [0.3, 0.4) is 0 Å². The normalized spacial score (nSPS) is 12.8. The molecule has 78 valence electrons. The Labute approximate surface area is 91.1 Å². The second kappa shape index (κ2) is 6.10. The van der Waals surface area contributed by atoms with Gasteiger partial charge in [-0.1, -0.05) is 32.0 Å². The number of hydrogen-bond acceptors (Lipinski definition) is 2. The number of thioether (sulfide) groups is 1. The van der Waals surface area contributed by atoms with E-state index < -0.39 is 0 Å². The van der Waals surface area contributed by atoms with Gasteiger partial charge in [0.15, 0.2) is 0 Å². The average molecular weight is 209 g/mol. The van der Waals surface area contributed by atoms with Crippen molar-refractivity contribution in [1.29, 1.82) is 0 Å². The van der Waals surface area contributed by atoms with Crippen LogP contribution in [-0.4, -0.2) is 5.75 Å². The number of rotatable bonds is 5. The molecular formula is C12H19NS. The van der Waals surface area contributed by atoms with Crippen molar-refractivity contribution >= 4 is 11.8 Å². The zero-order valence-electron chi connectivity index (χ0n) is 8.99. The van der Waals surface area contributed by atoms with Crippen molar-refractivity contribution in [3.8, 4) is 0 Å². The van der Waals surface area contributed by atoms with Gasteiger partial charge in [-0.15, -0.1) is 11.8 Å². The van der Waals surface area contributed by atoms with Crippen molar-refractivity contribution < 1.29 is 0 Å². The summed E-state index contributed by atoms with van der Waals surface area (Å²) in [6.07, 6.45) is 2.21. The van der Waals surface area contributed by atoms with Crippen LogP contribution in [0.4, 0.5) is 0 Å². The van der Waals surface area contributed by atoms with E-state index in [1.54, 1.807) is 0 Å². The summed E-state index contributed by atoms with van der Waals surface area (Å²) in [6.45, 7) is 4.33. The van der Waals surface area contributed by atoms with Crippen LogP contribution >= 0.6 is 11.8 Å². The van der Waals surface area contributed by atoms with Gasteiger partial charge in [0.05, 0.1) is 0 Å². The summed E-state index contributed by atoms with van der Waals surface area (Å²) in [5.41, 5.74) is 7.35. The Morgan fingerprint density at radius 3 is 2.64 bits per heavy atom. The van der Waals surface area contributed by atoms with Gasteiger partial charge in [-0.05, 0) is 30.2 Å². The van der Waals surface area contributed by atoms with Crippen molar-refractivity contribution in [2.75, 3.05) is 5.75 Å². The van der Waals surface area contributed by atoms with Crippen LogP contribution in [0.2, 0.25) is 0 Å². The molecule has 1 aromatic carbocycles. The molecule has 14 heavy (non-hydrogen) atoms. The molecule has 0 aromatic heterocycles. The molecule has 0 aliphatic carbocycles. The van der Waals surface area contributed by atoms with Gasteiger partial charge in [0.1, 0.15) is 0 Å². The zero-order chi connectivity index (χ0) is 10.4. The van der Waals surface area contributed by atoms with Crippen LogP contribution in [0.25, 0.3) is 0 Å². The lowest BCUT2D eigenvalue weighted by atomic mass is 10.1. The Morgan fingerprint density at radius 2 is 2.00 bits per heavy atom. The summed E-state index contributed by atoms with van der Waals surface area (Å²) in [4.78, 5) is 1.35. The predicted molar refractivity (Wildman–Crippen MR) is 64.7 cm³/mol. The Balaban J connectivity index is 2.79. The van der Waals surface area contributed by atoms with Gasteiger partial charge in [-0.2, -0.15) is 0 Å². The number of nitrogens with two attached hydrogens (primary N) is 1. The van der Waals surface area contributed by atoms with E-state index >= 15 is 0 Å². The van der Waals surface area contributed by atoms with Crippen LogP contribution in [-0.2, 0) is 0 Å².